The predicted molar refractivity (Wildman–Crippen MR) is 145 cm³/mol. The number of nitrogens with zero attached hydrogens (tertiary/aromatic N) is 1. The van der Waals surface area contributed by atoms with Crippen molar-refractivity contribution in [2.75, 3.05) is 6.61 Å². The van der Waals surface area contributed by atoms with Gasteiger partial charge in [-0.2, -0.15) is 5.10 Å². The highest BCUT2D eigenvalue weighted by molar-refractivity contribution is 14.1. The molecule has 0 unspecified atom stereocenters. The summed E-state index contributed by atoms with van der Waals surface area (Å²) >= 11 is 7.69. The average molecular weight is 735 g/mol. The maximum absolute atomic E-state index is 11.9. The van der Waals surface area contributed by atoms with E-state index in [1.165, 1.54) is 0 Å². The van der Waals surface area contributed by atoms with Crippen molar-refractivity contribution in [2.45, 2.75) is 6.61 Å². The van der Waals surface area contributed by atoms with Gasteiger partial charge in [0.1, 0.15) is 18.1 Å². The fraction of sp³-hybridized carbons (Fsp3) is 0.0870. The lowest BCUT2D eigenvalue weighted by atomic mass is 10.1. The Morgan fingerprint density at radius 3 is 2.24 bits per heavy atom. The molecular weight excluding hydrogens is 718 g/mol. The van der Waals surface area contributed by atoms with Gasteiger partial charge in [-0.25, -0.2) is 10.2 Å². The lowest BCUT2D eigenvalue weighted by Crippen LogP contribution is -2.24. The number of halogens is 3. The SMILES string of the molecule is O=C(COc1ccc(Br)cc1)N/N=C\c1cc(I)c(OCc2ccc(C(=O)O)cc2)c(I)c1. The van der Waals surface area contributed by atoms with E-state index in [0.717, 1.165) is 28.5 Å². The van der Waals surface area contributed by atoms with Crippen LogP contribution < -0.4 is 14.9 Å². The van der Waals surface area contributed by atoms with Crippen molar-refractivity contribution in [1.82, 2.24) is 5.43 Å². The normalized spacial score (nSPS) is 10.8. The Morgan fingerprint density at radius 2 is 1.64 bits per heavy atom. The van der Waals surface area contributed by atoms with Crippen LogP contribution in [0.15, 0.2) is 70.2 Å². The Hall–Kier alpha value is -2.19. The first kappa shape index (κ1) is 25.4. The van der Waals surface area contributed by atoms with Gasteiger partial charge in [-0.15, -0.1) is 0 Å². The molecule has 0 radical (unpaired) electrons. The van der Waals surface area contributed by atoms with Crippen molar-refractivity contribution >= 4 is 79.2 Å². The minimum Gasteiger partial charge on any atom is -0.487 e. The zero-order chi connectivity index (χ0) is 23.8. The van der Waals surface area contributed by atoms with Crippen LogP contribution in [0.2, 0.25) is 0 Å². The largest absolute Gasteiger partial charge is 0.487 e. The van der Waals surface area contributed by atoms with Crippen LogP contribution in [0.3, 0.4) is 0 Å². The molecule has 7 nitrogen and oxygen atoms in total. The highest BCUT2D eigenvalue weighted by atomic mass is 127. The second-order valence-electron chi connectivity index (χ2n) is 6.64. The third-order valence-corrected chi connectivity index (χ3v) is 6.32. The molecule has 1 amide bonds. The molecule has 3 rings (SSSR count). The molecule has 3 aromatic carbocycles. The van der Waals surface area contributed by atoms with Gasteiger partial charge in [0.05, 0.1) is 18.9 Å². The molecule has 2 N–H and O–H groups in total. The van der Waals surface area contributed by atoms with Crippen LogP contribution in [-0.2, 0) is 11.4 Å². The van der Waals surface area contributed by atoms with Gasteiger partial charge >= 0.3 is 5.97 Å². The summed E-state index contributed by atoms with van der Waals surface area (Å²) in [4.78, 5) is 22.9. The third-order valence-electron chi connectivity index (χ3n) is 4.19. The zero-order valence-electron chi connectivity index (χ0n) is 16.9. The molecule has 0 aliphatic heterocycles. The average Bonchev–Trinajstić information content (AvgIpc) is 2.78. The molecule has 0 saturated carbocycles. The number of rotatable bonds is 9. The molecule has 0 fully saturated rings. The van der Waals surface area contributed by atoms with E-state index in [4.69, 9.17) is 14.6 Å². The smallest absolute Gasteiger partial charge is 0.335 e. The summed E-state index contributed by atoms with van der Waals surface area (Å²) in [5.74, 6) is -0.0120. The highest BCUT2D eigenvalue weighted by Crippen LogP contribution is 2.29. The van der Waals surface area contributed by atoms with E-state index in [2.05, 4.69) is 71.6 Å². The number of hydrogen-bond acceptors (Lipinski definition) is 5. The summed E-state index contributed by atoms with van der Waals surface area (Å²) in [6.07, 6.45) is 1.55. The molecule has 3 aromatic rings. The van der Waals surface area contributed by atoms with Crippen LogP contribution >= 0.6 is 61.1 Å². The lowest BCUT2D eigenvalue weighted by molar-refractivity contribution is -0.123. The van der Waals surface area contributed by atoms with E-state index in [1.54, 1.807) is 42.6 Å². The van der Waals surface area contributed by atoms with E-state index in [0.29, 0.717) is 12.4 Å². The predicted octanol–water partition coefficient (Wildman–Crippen LogP) is 5.46. The van der Waals surface area contributed by atoms with Crippen LogP contribution in [-0.4, -0.2) is 29.8 Å². The Balaban J connectivity index is 1.53. The fourth-order valence-electron chi connectivity index (χ4n) is 2.58. The second-order valence-corrected chi connectivity index (χ2v) is 9.88. The minimum absolute atomic E-state index is 0.145. The lowest BCUT2D eigenvalue weighted by Gasteiger charge is -2.11. The maximum Gasteiger partial charge on any atom is 0.335 e. The number of carbonyl (C=O) groups is 2. The quantitative estimate of drug-likeness (QED) is 0.173. The van der Waals surface area contributed by atoms with Gasteiger partial charge in [0.15, 0.2) is 6.61 Å². The zero-order valence-corrected chi connectivity index (χ0v) is 22.8. The molecule has 0 aliphatic carbocycles. The topological polar surface area (TPSA) is 97.2 Å². The third kappa shape index (κ3) is 7.96. The number of ether oxygens (including phenoxy) is 2. The van der Waals surface area contributed by atoms with Gasteiger partial charge in [-0.3, -0.25) is 4.79 Å². The molecule has 33 heavy (non-hydrogen) atoms. The van der Waals surface area contributed by atoms with Crippen molar-refractivity contribution in [1.29, 1.82) is 0 Å². The number of carboxylic acids is 1. The molecule has 0 saturated heterocycles. The van der Waals surface area contributed by atoms with Crippen molar-refractivity contribution in [3.8, 4) is 11.5 Å². The van der Waals surface area contributed by atoms with E-state index in [1.807, 2.05) is 24.3 Å². The molecule has 0 aromatic heterocycles. The van der Waals surface area contributed by atoms with Crippen molar-refractivity contribution in [3.63, 3.8) is 0 Å². The number of carbonyl (C=O) groups excluding carboxylic acids is 1. The van der Waals surface area contributed by atoms with Gasteiger partial charge in [0, 0.05) is 4.47 Å². The molecule has 0 spiro atoms. The van der Waals surface area contributed by atoms with Gasteiger partial charge in [0.25, 0.3) is 5.91 Å². The first-order valence-electron chi connectivity index (χ1n) is 9.46. The number of hydrazone groups is 1. The van der Waals surface area contributed by atoms with Crippen molar-refractivity contribution in [3.05, 3.63) is 89.0 Å². The summed E-state index contributed by atoms with van der Waals surface area (Å²) < 4.78 is 14.0. The second kappa shape index (κ2) is 12.3. The number of benzene rings is 3. The number of amides is 1. The molecular formula is C23H17BrI2N2O5. The fourth-order valence-corrected chi connectivity index (χ4v) is 4.97. The Kier molecular flexibility index (Phi) is 9.50. The van der Waals surface area contributed by atoms with Gasteiger partial charge < -0.3 is 14.6 Å². The van der Waals surface area contributed by atoms with Gasteiger partial charge in [0.2, 0.25) is 0 Å². The summed E-state index contributed by atoms with van der Waals surface area (Å²) in [5.41, 5.74) is 4.35. The molecule has 0 atom stereocenters. The molecule has 0 heterocycles. The summed E-state index contributed by atoms with van der Waals surface area (Å²) in [6.45, 7) is 0.169. The molecule has 0 bridgehead atoms. The van der Waals surface area contributed by atoms with Gasteiger partial charge in [-0.1, -0.05) is 28.1 Å². The summed E-state index contributed by atoms with van der Waals surface area (Å²) in [6, 6.07) is 17.5. The van der Waals surface area contributed by atoms with E-state index < -0.39 is 5.97 Å². The van der Waals surface area contributed by atoms with Crippen LogP contribution in [0.25, 0.3) is 0 Å². The number of hydrogen-bond donors (Lipinski definition) is 2. The van der Waals surface area contributed by atoms with Crippen LogP contribution in [0, 0.1) is 7.14 Å². The Morgan fingerprint density at radius 1 is 1.00 bits per heavy atom. The standard InChI is InChI=1S/C23H17BrI2N2O5/c24-17-5-7-18(8-6-17)32-13-21(29)28-27-11-15-9-19(25)22(20(26)10-15)33-12-14-1-3-16(4-2-14)23(30)31/h1-11H,12-13H2,(H,28,29)(H,30,31)/b27-11-. The summed E-state index contributed by atoms with van der Waals surface area (Å²) in [7, 11) is 0. The van der Waals surface area contributed by atoms with E-state index in [9.17, 15) is 9.59 Å². The summed E-state index contributed by atoms with van der Waals surface area (Å²) in [5, 5.41) is 13.0. The van der Waals surface area contributed by atoms with Crippen LogP contribution in [0.5, 0.6) is 11.5 Å². The number of nitrogens with one attached hydrogen (secondary N) is 1. The van der Waals surface area contributed by atoms with Crippen LogP contribution in [0.1, 0.15) is 21.5 Å². The first-order valence-corrected chi connectivity index (χ1v) is 12.4. The molecule has 170 valence electrons. The van der Waals surface area contributed by atoms with E-state index >= 15 is 0 Å². The number of aromatic carboxylic acids is 1. The first-order chi connectivity index (χ1) is 15.8. The van der Waals surface area contributed by atoms with E-state index in [-0.39, 0.29) is 18.1 Å². The highest BCUT2D eigenvalue weighted by Gasteiger charge is 2.10. The molecule has 0 aliphatic rings. The Labute approximate surface area is 226 Å². The monoisotopic (exact) mass is 734 g/mol. The number of carboxylic acid groups (broad SMARTS) is 1. The van der Waals surface area contributed by atoms with Crippen molar-refractivity contribution < 1.29 is 24.2 Å². The van der Waals surface area contributed by atoms with Gasteiger partial charge in [-0.05, 0) is 105 Å². The van der Waals surface area contributed by atoms with Crippen molar-refractivity contribution in [2.24, 2.45) is 5.10 Å². The van der Waals surface area contributed by atoms with Crippen LogP contribution in [0.4, 0.5) is 0 Å². The maximum atomic E-state index is 11.9. The minimum atomic E-state index is -0.961. The Bertz CT molecular complexity index is 1150. The molecule has 10 heteroatoms.